The molecule has 1 atom stereocenters. The fourth-order valence-corrected chi connectivity index (χ4v) is 5.22. The molecule has 170 valence electrons. The number of nitrogens with one attached hydrogen (secondary N) is 1. The molecule has 0 unspecified atom stereocenters. The maximum Gasteiger partial charge on any atom is 0.231 e. The van der Waals surface area contributed by atoms with Gasteiger partial charge in [-0.25, -0.2) is 0 Å². The molecule has 1 aliphatic carbocycles. The van der Waals surface area contributed by atoms with Crippen LogP contribution in [0.25, 0.3) is 0 Å². The van der Waals surface area contributed by atoms with Crippen molar-refractivity contribution >= 4 is 11.6 Å². The highest BCUT2D eigenvalue weighted by molar-refractivity contribution is 5.78. The number of piperazine rings is 1. The van der Waals surface area contributed by atoms with Gasteiger partial charge in [0, 0.05) is 44.3 Å². The van der Waals surface area contributed by atoms with Crippen LogP contribution in [0.4, 0.5) is 5.69 Å². The summed E-state index contributed by atoms with van der Waals surface area (Å²) in [5.41, 5.74) is 2.45. The van der Waals surface area contributed by atoms with Crippen molar-refractivity contribution in [2.75, 3.05) is 44.4 Å². The van der Waals surface area contributed by atoms with Crippen LogP contribution in [0.2, 0.25) is 0 Å². The summed E-state index contributed by atoms with van der Waals surface area (Å²) in [4.78, 5) is 17.8. The third kappa shape index (κ3) is 4.70. The van der Waals surface area contributed by atoms with Gasteiger partial charge in [-0.05, 0) is 42.7 Å². The topological polar surface area (TPSA) is 54.0 Å². The summed E-state index contributed by atoms with van der Waals surface area (Å²) in [5, 5.41) is 3.29. The van der Waals surface area contributed by atoms with Crippen LogP contribution in [-0.2, 0) is 4.79 Å². The number of nitrogens with zero attached hydrogens (tertiary/aromatic N) is 2. The number of para-hydroxylation sites is 1. The molecular formula is C26H33N3O3. The first kappa shape index (κ1) is 21.1. The van der Waals surface area contributed by atoms with Crippen LogP contribution >= 0.6 is 0 Å². The average Bonchev–Trinajstić information content (AvgIpc) is 3.34. The summed E-state index contributed by atoms with van der Waals surface area (Å²) in [7, 11) is 0. The number of carbonyl (C=O) groups excluding carboxylic acids is 1. The van der Waals surface area contributed by atoms with Gasteiger partial charge < -0.3 is 19.7 Å². The van der Waals surface area contributed by atoms with Crippen LogP contribution in [-0.4, -0.2) is 50.3 Å². The van der Waals surface area contributed by atoms with Crippen molar-refractivity contribution in [1.82, 2.24) is 10.2 Å². The third-order valence-corrected chi connectivity index (χ3v) is 7.10. The number of anilines is 1. The van der Waals surface area contributed by atoms with Gasteiger partial charge in [0.2, 0.25) is 12.7 Å². The number of fused-ring (bicyclic) bond motifs is 1. The van der Waals surface area contributed by atoms with E-state index in [9.17, 15) is 4.79 Å². The molecule has 6 nitrogen and oxygen atoms in total. The summed E-state index contributed by atoms with van der Waals surface area (Å²) in [5.74, 6) is 2.00. The van der Waals surface area contributed by atoms with Gasteiger partial charge >= 0.3 is 0 Å². The largest absolute Gasteiger partial charge is 0.454 e. The summed E-state index contributed by atoms with van der Waals surface area (Å²) in [6.07, 6.45) is 5.65. The number of rotatable bonds is 6. The van der Waals surface area contributed by atoms with Gasteiger partial charge in [0.1, 0.15) is 0 Å². The molecule has 2 aromatic carbocycles. The van der Waals surface area contributed by atoms with Crippen molar-refractivity contribution in [3.8, 4) is 11.5 Å². The minimum atomic E-state index is 0.120. The fraction of sp³-hybridized carbons (Fsp3) is 0.500. The van der Waals surface area contributed by atoms with E-state index in [-0.39, 0.29) is 24.7 Å². The van der Waals surface area contributed by atoms with Crippen molar-refractivity contribution in [2.45, 2.75) is 38.1 Å². The minimum absolute atomic E-state index is 0.120. The molecule has 3 aliphatic rings. The van der Waals surface area contributed by atoms with Crippen molar-refractivity contribution < 1.29 is 14.3 Å². The van der Waals surface area contributed by atoms with Crippen molar-refractivity contribution in [1.29, 1.82) is 0 Å². The molecule has 0 aromatic heterocycles. The Balaban J connectivity index is 1.29. The second-order valence-corrected chi connectivity index (χ2v) is 9.07. The van der Waals surface area contributed by atoms with Gasteiger partial charge in [-0.2, -0.15) is 0 Å². The molecule has 1 saturated heterocycles. The number of amides is 1. The summed E-state index contributed by atoms with van der Waals surface area (Å²) in [6, 6.07) is 16.9. The van der Waals surface area contributed by atoms with Crippen LogP contribution < -0.4 is 19.7 Å². The molecule has 2 heterocycles. The molecule has 5 rings (SSSR count). The quantitative estimate of drug-likeness (QED) is 0.744. The molecule has 0 spiro atoms. The van der Waals surface area contributed by atoms with Crippen molar-refractivity contribution in [2.24, 2.45) is 5.92 Å². The van der Waals surface area contributed by atoms with Crippen LogP contribution in [0, 0.1) is 5.92 Å². The molecule has 32 heavy (non-hydrogen) atoms. The van der Waals surface area contributed by atoms with E-state index >= 15 is 0 Å². The Labute approximate surface area is 190 Å². The summed E-state index contributed by atoms with van der Waals surface area (Å²) >= 11 is 0. The predicted octanol–water partition coefficient (Wildman–Crippen LogP) is 3.98. The maximum absolute atomic E-state index is 12.9. The van der Waals surface area contributed by atoms with E-state index in [1.54, 1.807) is 0 Å². The van der Waals surface area contributed by atoms with Crippen LogP contribution in [0.1, 0.15) is 43.7 Å². The lowest BCUT2D eigenvalue weighted by Gasteiger charge is -2.40. The monoisotopic (exact) mass is 435 g/mol. The Bertz CT molecular complexity index is 906. The maximum atomic E-state index is 12.9. The van der Waals surface area contributed by atoms with Gasteiger partial charge in [0.15, 0.2) is 11.5 Å². The van der Waals surface area contributed by atoms with E-state index in [0.717, 1.165) is 50.5 Å². The van der Waals surface area contributed by atoms with E-state index in [1.807, 2.05) is 6.07 Å². The number of carbonyl (C=O) groups is 1. The van der Waals surface area contributed by atoms with Crippen LogP contribution in [0.15, 0.2) is 48.5 Å². The molecule has 0 radical (unpaired) electrons. The zero-order chi connectivity index (χ0) is 21.8. The van der Waals surface area contributed by atoms with Crippen LogP contribution in [0.3, 0.4) is 0 Å². The smallest absolute Gasteiger partial charge is 0.231 e. The number of hydrogen-bond acceptors (Lipinski definition) is 5. The number of ether oxygens (including phenoxy) is 2. The molecule has 2 aromatic rings. The lowest BCUT2D eigenvalue weighted by atomic mass is 9.88. The normalized spacial score (nSPS) is 20.2. The fourth-order valence-electron chi connectivity index (χ4n) is 5.22. The molecule has 2 aliphatic heterocycles. The highest BCUT2D eigenvalue weighted by Crippen LogP contribution is 2.36. The van der Waals surface area contributed by atoms with E-state index in [0.29, 0.717) is 6.54 Å². The van der Waals surface area contributed by atoms with Gasteiger partial charge in [0.25, 0.3) is 0 Å². The second-order valence-electron chi connectivity index (χ2n) is 9.07. The first-order valence-corrected chi connectivity index (χ1v) is 12.0. The molecular weight excluding hydrogens is 402 g/mol. The van der Waals surface area contributed by atoms with E-state index in [1.165, 1.54) is 30.5 Å². The van der Waals surface area contributed by atoms with E-state index in [4.69, 9.17) is 9.47 Å². The first-order valence-electron chi connectivity index (χ1n) is 12.0. The lowest BCUT2D eigenvalue weighted by molar-refractivity contribution is -0.126. The van der Waals surface area contributed by atoms with Gasteiger partial charge in [-0.3, -0.25) is 9.69 Å². The zero-order valence-corrected chi connectivity index (χ0v) is 18.7. The summed E-state index contributed by atoms with van der Waals surface area (Å²) in [6.45, 7) is 4.75. The Kier molecular flexibility index (Phi) is 6.49. The van der Waals surface area contributed by atoms with Crippen LogP contribution in [0.5, 0.6) is 11.5 Å². The standard InChI is InChI=1S/C26H33N3O3/c30-26(20-7-3-1-4-8-20)27-18-23(21-11-12-24-25(17-21)32-19-31-24)29-15-13-28(14-16-29)22-9-5-2-6-10-22/h2,5-6,9-12,17,20,23H,1,3-4,7-8,13-16,18-19H2,(H,27,30)/t23-/m1/s1. The van der Waals surface area contributed by atoms with Gasteiger partial charge in [-0.1, -0.05) is 43.5 Å². The highest BCUT2D eigenvalue weighted by Gasteiger charge is 2.28. The molecule has 1 amide bonds. The Morgan fingerprint density at radius 3 is 2.47 bits per heavy atom. The van der Waals surface area contributed by atoms with Gasteiger partial charge in [0.05, 0.1) is 6.04 Å². The molecule has 6 heteroatoms. The Morgan fingerprint density at radius 2 is 1.69 bits per heavy atom. The SMILES string of the molecule is O=C(NC[C@H](c1ccc2c(c1)OCO2)N1CCN(c2ccccc2)CC1)C1CCCCC1. The zero-order valence-electron chi connectivity index (χ0n) is 18.7. The predicted molar refractivity (Wildman–Crippen MR) is 125 cm³/mol. The number of benzene rings is 2. The average molecular weight is 436 g/mol. The first-order chi connectivity index (χ1) is 15.8. The molecule has 0 bridgehead atoms. The molecule has 2 fully saturated rings. The minimum Gasteiger partial charge on any atom is -0.454 e. The van der Waals surface area contributed by atoms with E-state index in [2.05, 4.69) is 57.6 Å². The Morgan fingerprint density at radius 1 is 0.938 bits per heavy atom. The molecule has 1 N–H and O–H groups in total. The lowest BCUT2D eigenvalue weighted by Crippen LogP contribution is -2.50. The third-order valence-electron chi connectivity index (χ3n) is 7.10. The molecule has 1 saturated carbocycles. The highest BCUT2D eigenvalue weighted by atomic mass is 16.7. The number of hydrogen-bond donors (Lipinski definition) is 1. The van der Waals surface area contributed by atoms with Crippen molar-refractivity contribution in [3.05, 3.63) is 54.1 Å². The summed E-state index contributed by atoms with van der Waals surface area (Å²) < 4.78 is 11.1. The second kappa shape index (κ2) is 9.82. The Hall–Kier alpha value is -2.73. The van der Waals surface area contributed by atoms with Crippen molar-refractivity contribution in [3.63, 3.8) is 0 Å². The van der Waals surface area contributed by atoms with Gasteiger partial charge in [-0.15, -0.1) is 0 Å². The van der Waals surface area contributed by atoms with E-state index < -0.39 is 0 Å².